The molecule has 1 aliphatic heterocycles. The molecular formula is C44H80O12S. The van der Waals surface area contributed by atoms with Crippen LogP contribution < -0.4 is 0 Å². The van der Waals surface area contributed by atoms with E-state index in [2.05, 4.69) is 54.5 Å². The number of ether oxygens (including phenoxy) is 4. The molecule has 1 heterocycles. The molecule has 12 nitrogen and oxygen atoms in total. The molecule has 334 valence electrons. The summed E-state index contributed by atoms with van der Waals surface area (Å²) in [6.07, 6.45) is 32.0. The maximum Gasteiger partial charge on any atom is 0.397 e. The molecule has 0 aromatic rings. The van der Waals surface area contributed by atoms with Crippen LogP contribution in [0.4, 0.5) is 0 Å². The van der Waals surface area contributed by atoms with Crippen molar-refractivity contribution in [2.24, 2.45) is 0 Å². The van der Waals surface area contributed by atoms with Gasteiger partial charge in [0.1, 0.15) is 30.5 Å². The Balaban J connectivity index is 2.33. The molecule has 1 rings (SSSR count). The van der Waals surface area contributed by atoms with Gasteiger partial charge in [0.2, 0.25) is 0 Å². The van der Waals surface area contributed by atoms with E-state index in [-0.39, 0.29) is 19.6 Å². The third kappa shape index (κ3) is 30.1. The average Bonchev–Trinajstić information content (AvgIpc) is 3.18. The van der Waals surface area contributed by atoms with Gasteiger partial charge in [-0.2, -0.15) is 8.42 Å². The fourth-order valence-electron chi connectivity index (χ4n) is 6.62. The summed E-state index contributed by atoms with van der Waals surface area (Å²) in [5.74, 6) is -0.409. The number of carbonyl (C=O) groups excluding carboxylic acids is 1. The molecule has 0 aromatic heterocycles. The van der Waals surface area contributed by atoms with Crippen LogP contribution in [0.3, 0.4) is 0 Å². The van der Waals surface area contributed by atoms with Crippen LogP contribution in [0.2, 0.25) is 0 Å². The van der Waals surface area contributed by atoms with Crippen molar-refractivity contribution < 1.29 is 56.2 Å². The van der Waals surface area contributed by atoms with Gasteiger partial charge < -0.3 is 34.3 Å². The first-order chi connectivity index (χ1) is 27.6. The largest absolute Gasteiger partial charge is 0.457 e. The third-order valence-electron chi connectivity index (χ3n) is 10.0. The number of carbonyl (C=O) groups is 1. The number of hydrogen-bond donors (Lipinski definition) is 4. The van der Waals surface area contributed by atoms with Crippen LogP contribution in [-0.2, 0) is 38.3 Å². The molecule has 6 atom stereocenters. The zero-order chi connectivity index (χ0) is 41.8. The molecule has 13 heteroatoms. The first-order valence-corrected chi connectivity index (χ1v) is 23.6. The summed E-state index contributed by atoms with van der Waals surface area (Å²) in [5.41, 5.74) is 0. The van der Waals surface area contributed by atoms with E-state index >= 15 is 0 Å². The second-order valence-electron chi connectivity index (χ2n) is 15.3. The fourth-order valence-corrected chi connectivity index (χ4v) is 7.13. The van der Waals surface area contributed by atoms with Gasteiger partial charge in [0.05, 0.1) is 19.8 Å². The predicted octanol–water partition coefficient (Wildman–Crippen LogP) is 9.02. The van der Waals surface area contributed by atoms with Crippen LogP contribution in [-0.4, -0.2) is 97.5 Å². The molecule has 1 aliphatic rings. The molecule has 1 saturated heterocycles. The predicted molar refractivity (Wildman–Crippen MR) is 225 cm³/mol. The van der Waals surface area contributed by atoms with Crippen molar-refractivity contribution in [3.8, 4) is 0 Å². The van der Waals surface area contributed by atoms with Crippen molar-refractivity contribution in [2.75, 3.05) is 26.4 Å². The highest BCUT2D eigenvalue weighted by Gasteiger charge is 2.48. The van der Waals surface area contributed by atoms with E-state index in [1.54, 1.807) is 0 Å². The standard InChI is InChI=1S/C44H80O12S/c1-3-5-7-9-11-12-13-14-15-16-17-18-19-20-21-22-23-24-25-26-27-29-31-33-40(46)54-38(36-52-34-32-30-28-10-8-6-4-2)37-53-44-42(48)43(56-57(49,50)51)41(47)39(35-45)55-44/h13-14,16-17,19-20,38-39,41-45,47-48H,3-12,15,18,21-37H2,1-2H3,(H,49,50,51)/b14-13-,17-16-,20-19-. The first kappa shape index (κ1) is 53.3. The highest BCUT2D eigenvalue weighted by molar-refractivity contribution is 7.80. The number of aliphatic hydroxyl groups excluding tert-OH is 3. The van der Waals surface area contributed by atoms with Gasteiger partial charge in [0.25, 0.3) is 0 Å². The van der Waals surface area contributed by atoms with E-state index < -0.39 is 59.8 Å². The topological polar surface area (TPSA) is 178 Å². The lowest BCUT2D eigenvalue weighted by Crippen LogP contribution is -2.60. The highest BCUT2D eigenvalue weighted by atomic mass is 32.3. The minimum atomic E-state index is -5.06. The second-order valence-corrected chi connectivity index (χ2v) is 16.3. The number of aliphatic hydroxyl groups is 3. The van der Waals surface area contributed by atoms with E-state index in [0.29, 0.717) is 13.0 Å². The third-order valence-corrected chi connectivity index (χ3v) is 10.5. The number of allylic oxidation sites excluding steroid dienone is 6. The van der Waals surface area contributed by atoms with Gasteiger partial charge in [0, 0.05) is 13.0 Å². The van der Waals surface area contributed by atoms with Crippen molar-refractivity contribution in [2.45, 2.75) is 211 Å². The quantitative estimate of drug-likeness (QED) is 0.0201. The normalized spacial score (nSPS) is 21.0. The van der Waals surface area contributed by atoms with Crippen LogP contribution in [0, 0.1) is 0 Å². The van der Waals surface area contributed by atoms with E-state index in [9.17, 15) is 28.5 Å². The number of unbranched alkanes of at least 4 members (excludes halogenated alkanes) is 19. The Morgan fingerprint density at radius 3 is 1.68 bits per heavy atom. The summed E-state index contributed by atoms with van der Waals surface area (Å²) in [6.45, 7) is 3.92. The minimum absolute atomic E-state index is 0.0332. The summed E-state index contributed by atoms with van der Waals surface area (Å²) in [7, 11) is -5.06. The van der Waals surface area contributed by atoms with Crippen molar-refractivity contribution >= 4 is 16.4 Å². The Morgan fingerprint density at radius 2 is 1.16 bits per heavy atom. The van der Waals surface area contributed by atoms with Gasteiger partial charge in [-0.15, -0.1) is 0 Å². The smallest absolute Gasteiger partial charge is 0.397 e. The molecule has 0 radical (unpaired) electrons. The Kier molecular flexibility index (Phi) is 33.9. The fraction of sp³-hybridized carbons (Fsp3) is 0.841. The zero-order valence-corrected chi connectivity index (χ0v) is 36.2. The van der Waals surface area contributed by atoms with Gasteiger partial charge in [-0.25, -0.2) is 4.18 Å². The molecule has 4 N–H and O–H groups in total. The molecule has 0 amide bonds. The SMILES string of the molecule is CCCCCCC/C=C\C/C=C\C/C=C\CCCCCCCCCCC(=O)OC(COCCCCCCCCC)COC1OC(CO)C(O)C(OS(=O)(=O)O)C1O. The maximum absolute atomic E-state index is 12.8. The molecule has 0 saturated carbocycles. The molecule has 0 spiro atoms. The lowest BCUT2D eigenvalue weighted by Gasteiger charge is -2.41. The minimum Gasteiger partial charge on any atom is -0.457 e. The zero-order valence-electron chi connectivity index (χ0n) is 35.4. The highest BCUT2D eigenvalue weighted by Crippen LogP contribution is 2.26. The van der Waals surface area contributed by atoms with Crippen LogP contribution in [0.5, 0.6) is 0 Å². The van der Waals surface area contributed by atoms with E-state index in [0.717, 1.165) is 57.8 Å². The summed E-state index contributed by atoms with van der Waals surface area (Å²) in [4.78, 5) is 12.8. The number of esters is 1. The summed E-state index contributed by atoms with van der Waals surface area (Å²) in [5, 5.41) is 30.5. The summed E-state index contributed by atoms with van der Waals surface area (Å²) in [6, 6.07) is 0. The summed E-state index contributed by atoms with van der Waals surface area (Å²) < 4.78 is 58.8. The first-order valence-electron chi connectivity index (χ1n) is 22.2. The van der Waals surface area contributed by atoms with Crippen LogP contribution >= 0.6 is 0 Å². The van der Waals surface area contributed by atoms with Crippen molar-refractivity contribution in [1.29, 1.82) is 0 Å². The Bertz CT molecular complexity index is 1140. The lowest BCUT2D eigenvalue weighted by molar-refractivity contribution is -0.301. The maximum atomic E-state index is 12.8. The molecule has 1 fully saturated rings. The monoisotopic (exact) mass is 833 g/mol. The Morgan fingerprint density at radius 1 is 0.667 bits per heavy atom. The number of rotatable bonds is 38. The van der Waals surface area contributed by atoms with Crippen molar-refractivity contribution in [3.05, 3.63) is 36.5 Å². The van der Waals surface area contributed by atoms with Gasteiger partial charge in [-0.1, -0.05) is 153 Å². The molecule has 57 heavy (non-hydrogen) atoms. The van der Waals surface area contributed by atoms with Gasteiger partial charge in [-0.3, -0.25) is 9.35 Å². The number of hydrogen-bond acceptors (Lipinski definition) is 11. The van der Waals surface area contributed by atoms with E-state index in [1.807, 2.05) is 0 Å². The van der Waals surface area contributed by atoms with Crippen molar-refractivity contribution in [3.63, 3.8) is 0 Å². The molecule has 0 aromatic carbocycles. The Labute approximate surface area is 345 Å². The Hall–Kier alpha value is -1.68. The van der Waals surface area contributed by atoms with Gasteiger partial charge >= 0.3 is 16.4 Å². The van der Waals surface area contributed by atoms with E-state index in [4.69, 9.17) is 23.5 Å². The average molecular weight is 833 g/mol. The van der Waals surface area contributed by atoms with Crippen LogP contribution in [0.25, 0.3) is 0 Å². The lowest BCUT2D eigenvalue weighted by atomic mass is 9.99. The molecule has 6 unspecified atom stereocenters. The van der Waals surface area contributed by atoms with Crippen molar-refractivity contribution in [1.82, 2.24) is 0 Å². The summed E-state index contributed by atoms with van der Waals surface area (Å²) >= 11 is 0. The van der Waals surface area contributed by atoms with Gasteiger partial charge in [0.15, 0.2) is 6.29 Å². The molecular weight excluding hydrogens is 753 g/mol. The molecule has 0 aliphatic carbocycles. The van der Waals surface area contributed by atoms with Crippen LogP contribution in [0.15, 0.2) is 36.5 Å². The van der Waals surface area contributed by atoms with E-state index in [1.165, 1.54) is 89.9 Å². The molecule has 0 bridgehead atoms. The van der Waals surface area contributed by atoms with Gasteiger partial charge in [-0.05, 0) is 51.4 Å². The van der Waals surface area contributed by atoms with Crippen LogP contribution in [0.1, 0.15) is 174 Å². The second kappa shape index (κ2) is 36.2.